The first-order valence-corrected chi connectivity index (χ1v) is 4.89. The number of piperazine rings is 1. The van der Waals surface area contributed by atoms with Crippen LogP contribution in [0.5, 0.6) is 0 Å². The molecule has 3 nitrogen and oxygen atoms in total. The predicted molar refractivity (Wildman–Crippen MR) is 52.1 cm³/mol. The lowest BCUT2D eigenvalue weighted by Crippen LogP contribution is -2.51. The summed E-state index contributed by atoms with van der Waals surface area (Å²) in [6.45, 7) is 9.87. The molecule has 3 heteroatoms. The van der Waals surface area contributed by atoms with Crippen LogP contribution in [-0.4, -0.2) is 43.7 Å². The fourth-order valence-electron chi connectivity index (χ4n) is 1.63. The first-order chi connectivity index (χ1) is 5.74. The minimum Gasteiger partial charge on any atom is -0.330 e. The summed E-state index contributed by atoms with van der Waals surface area (Å²) in [6.07, 6.45) is 0. The molecule has 2 unspecified atom stereocenters. The summed E-state index contributed by atoms with van der Waals surface area (Å²) in [6, 6.07) is 0.674. The highest BCUT2D eigenvalue weighted by Gasteiger charge is 2.18. The van der Waals surface area contributed by atoms with Crippen LogP contribution in [0.1, 0.15) is 13.8 Å². The summed E-state index contributed by atoms with van der Waals surface area (Å²) in [5.74, 6) is 0.630. The maximum atomic E-state index is 5.59. The van der Waals surface area contributed by atoms with Crippen LogP contribution in [-0.2, 0) is 0 Å². The second kappa shape index (κ2) is 4.80. The van der Waals surface area contributed by atoms with Gasteiger partial charge in [0.1, 0.15) is 0 Å². The zero-order valence-corrected chi connectivity index (χ0v) is 8.21. The second-order valence-electron chi connectivity index (χ2n) is 3.89. The van der Waals surface area contributed by atoms with Crippen molar-refractivity contribution < 1.29 is 0 Å². The van der Waals surface area contributed by atoms with Gasteiger partial charge in [-0.3, -0.25) is 4.90 Å². The van der Waals surface area contributed by atoms with E-state index in [0.717, 1.165) is 26.2 Å². The van der Waals surface area contributed by atoms with E-state index in [-0.39, 0.29) is 0 Å². The van der Waals surface area contributed by atoms with Crippen molar-refractivity contribution in [2.24, 2.45) is 11.7 Å². The monoisotopic (exact) mass is 171 g/mol. The minimum absolute atomic E-state index is 0.630. The number of hydrogen-bond donors (Lipinski definition) is 2. The number of nitrogens with zero attached hydrogens (tertiary/aromatic N) is 1. The second-order valence-corrected chi connectivity index (χ2v) is 3.89. The van der Waals surface area contributed by atoms with Crippen LogP contribution in [0.2, 0.25) is 0 Å². The van der Waals surface area contributed by atoms with Crippen molar-refractivity contribution in [1.82, 2.24) is 10.2 Å². The molecule has 0 aromatic rings. The smallest absolute Gasteiger partial charge is 0.0193 e. The fraction of sp³-hybridized carbons (Fsp3) is 1.00. The maximum absolute atomic E-state index is 5.59. The molecule has 0 radical (unpaired) electrons. The van der Waals surface area contributed by atoms with Crippen molar-refractivity contribution in [2.75, 3.05) is 32.7 Å². The van der Waals surface area contributed by atoms with Gasteiger partial charge in [-0.05, 0) is 19.4 Å². The summed E-state index contributed by atoms with van der Waals surface area (Å²) in [7, 11) is 0. The first-order valence-electron chi connectivity index (χ1n) is 4.89. The summed E-state index contributed by atoms with van der Waals surface area (Å²) in [5, 5.41) is 3.38. The zero-order chi connectivity index (χ0) is 8.97. The molecule has 1 rings (SSSR count). The molecule has 0 spiro atoms. The van der Waals surface area contributed by atoms with Crippen molar-refractivity contribution >= 4 is 0 Å². The van der Waals surface area contributed by atoms with E-state index in [1.807, 2.05) is 0 Å². The topological polar surface area (TPSA) is 41.3 Å². The predicted octanol–water partition coefficient (Wildman–Crippen LogP) is -0.125. The lowest BCUT2D eigenvalue weighted by molar-refractivity contribution is 0.153. The van der Waals surface area contributed by atoms with Crippen molar-refractivity contribution in [1.29, 1.82) is 0 Å². The average molecular weight is 171 g/mol. The van der Waals surface area contributed by atoms with E-state index in [9.17, 15) is 0 Å². The van der Waals surface area contributed by atoms with Crippen LogP contribution in [0, 0.1) is 5.92 Å². The van der Waals surface area contributed by atoms with Gasteiger partial charge in [-0.2, -0.15) is 0 Å². The van der Waals surface area contributed by atoms with Gasteiger partial charge in [0.15, 0.2) is 0 Å². The standard InChI is InChI=1S/C9H21N3/c1-8(5-10)7-12-4-3-11-6-9(12)2/h8-9,11H,3-7,10H2,1-2H3. The molecule has 72 valence electrons. The van der Waals surface area contributed by atoms with Crippen molar-refractivity contribution in [3.8, 4) is 0 Å². The molecule has 1 aliphatic heterocycles. The van der Waals surface area contributed by atoms with Gasteiger partial charge in [-0.25, -0.2) is 0 Å². The van der Waals surface area contributed by atoms with Gasteiger partial charge in [0, 0.05) is 32.2 Å². The Morgan fingerprint density at radius 1 is 1.67 bits per heavy atom. The van der Waals surface area contributed by atoms with Crippen molar-refractivity contribution in [2.45, 2.75) is 19.9 Å². The number of nitrogens with two attached hydrogens (primary N) is 1. The number of hydrogen-bond acceptors (Lipinski definition) is 3. The Bertz CT molecular complexity index is 127. The molecule has 0 bridgehead atoms. The molecule has 12 heavy (non-hydrogen) atoms. The van der Waals surface area contributed by atoms with Crippen molar-refractivity contribution in [3.63, 3.8) is 0 Å². The third kappa shape index (κ3) is 2.73. The average Bonchev–Trinajstić information content (AvgIpc) is 2.09. The van der Waals surface area contributed by atoms with Crippen LogP contribution in [0.3, 0.4) is 0 Å². The van der Waals surface area contributed by atoms with E-state index in [2.05, 4.69) is 24.1 Å². The Morgan fingerprint density at radius 3 is 3.00 bits per heavy atom. The molecular formula is C9H21N3. The molecule has 2 atom stereocenters. The first kappa shape index (κ1) is 9.96. The van der Waals surface area contributed by atoms with E-state index in [4.69, 9.17) is 5.73 Å². The Morgan fingerprint density at radius 2 is 2.42 bits per heavy atom. The Labute approximate surface area is 75.3 Å². The minimum atomic E-state index is 0.630. The van der Waals surface area contributed by atoms with Crippen molar-refractivity contribution in [3.05, 3.63) is 0 Å². The number of nitrogens with one attached hydrogen (secondary N) is 1. The highest BCUT2D eigenvalue weighted by molar-refractivity contribution is 4.77. The normalized spacial score (nSPS) is 28.8. The largest absolute Gasteiger partial charge is 0.330 e. The molecule has 0 amide bonds. The van der Waals surface area contributed by atoms with Gasteiger partial charge in [-0.15, -0.1) is 0 Å². The summed E-state index contributed by atoms with van der Waals surface area (Å²) in [4.78, 5) is 2.52. The quantitative estimate of drug-likeness (QED) is 0.622. The SMILES string of the molecule is CC(CN)CN1CCNCC1C. The van der Waals surface area contributed by atoms with Crippen LogP contribution in [0.4, 0.5) is 0 Å². The summed E-state index contributed by atoms with van der Waals surface area (Å²) >= 11 is 0. The van der Waals surface area contributed by atoms with Crippen LogP contribution >= 0.6 is 0 Å². The molecule has 3 N–H and O–H groups in total. The molecule has 1 saturated heterocycles. The molecular weight excluding hydrogens is 150 g/mol. The van der Waals surface area contributed by atoms with E-state index < -0.39 is 0 Å². The molecule has 0 aliphatic carbocycles. The third-order valence-corrected chi connectivity index (χ3v) is 2.59. The molecule has 1 aliphatic rings. The molecule has 0 aromatic heterocycles. The lowest BCUT2D eigenvalue weighted by atomic mass is 10.1. The third-order valence-electron chi connectivity index (χ3n) is 2.59. The highest BCUT2D eigenvalue weighted by atomic mass is 15.2. The van der Waals surface area contributed by atoms with E-state index in [1.165, 1.54) is 6.54 Å². The Balaban J connectivity index is 2.28. The van der Waals surface area contributed by atoms with Gasteiger partial charge >= 0.3 is 0 Å². The van der Waals surface area contributed by atoms with Crippen LogP contribution in [0.15, 0.2) is 0 Å². The zero-order valence-electron chi connectivity index (χ0n) is 8.21. The molecule has 0 saturated carbocycles. The van der Waals surface area contributed by atoms with E-state index in [0.29, 0.717) is 12.0 Å². The van der Waals surface area contributed by atoms with Gasteiger partial charge in [-0.1, -0.05) is 6.92 Å². The van der Waals surface area contributed by atoms with Gasteiger partial charge in [0.25, 0.3) is 0 Å². The lowest BCUT2D eigenvalue weighted by Gasteiger charge is -2.35. The van der Waals surface area contributed by atoms with Gasteiger partial charge < -0.3 is 11.1 Å². The molecule has 1 heterocycles. The van der Waals surface area contributed by atoms with E-state index in [1.54, 1.807) is 0 Å². The Hall–Kier alpha value is -0.120. The van der Waals surface area contributed by atoms with E-state index >= 15 is 0 Å². The van der Waals surface area contributed by atoms with Gasteiger partial charge in [0.2, 0.25) is 0 Å². The van der Waals surface area contributed by atoms with Crippen LogP contribution in [0.25, 0.3) is 0 Å². The Kier molecular flexibility index (Phi) is 3.98. The number of rotatable bonds is 3. The summed E-state index contributed by atoms with van der Waals surface area (Å²) < 4.78 is 0. The van der Waals surface area contributed by atoms with Gasteiger partial charge in [0.05, 0.1) is 0 Å². The summed E-state index contributed by atoms with van der Waals surface area (Å²) in [5.41, 5.74) is 5.59. The van der Waals surface area contributed by atoms with Crippen LogP contribution < -0.4 is 11.1 Å². The maximum Gasteiger partial charge on any atom is 0.0193 e. The highest BCUT2D eigenvalue weighted by Crippen LogP contribution is 2.05. The fourth-order valence-corrected chi connectivity index (χ4v) is 1.63. The molecule has 1 fully saturated rings. The molecule has 0 aromatic carbocycles.